The quantitative estimate of drug-likeness (QED) is 0.606. The number of halogens is 4. The molecule has 0 aliphatic heterocycles. The van der Waals surface area contributed by atoms with E-state index in [-0.39, 0.29) is 16.4 Å². The second-order valence-electron chi connectivity index (χ2n) is 4.06. The minimum Gasteiger partial charge on any atom is -0.340 e. The van der Waals surface area contributed by atoms with E-state index >= 15 is 0 Å². The summed E-state index contributed by atoms with van der Waals surface area (Å²) in [6.45, 7) is 0. The molecule has 0 aromatic heterocycles. The Morgan fingerprint density at radius 3 is 2.30 bits per heavy atom. The van der Waals surface area contributed by atoms with Crippen LogP contribution < -0.4 is 5.32 Å². The first-order chi connectivity index (χ1) is 9.38. The first kappa shape index (κ1) is 14.4. The van der Waals surface area contributed by atoms with Crippen molar-refractivity contribution in [2.24, 2.45) is 0 Å². The van der Waals surface area contributed by atoms with Crippen molar-refractivity contribution in [1.29, 1.82) is 5.41 Å². The lowest BCUT2D eigenvalue weighted by atomic mass is 10.1. The van der Waals surface area contributed by atoms with E-state index in [0.717, 1.165) is 18.2 Å². The Morgan fingerprint density at radius 1 is 1.05 bits per heavy atom. The van der Waals surface area contributed by atoms with Crippen molar-refractivity contribution >= 4 is 23.1 Å². The van der Waals surface area contributed by atoms with Crippen LogP contribution in [0, 0.1) is 5.41 Å². The van der Waals surface area contributed by atoms with E-state index < -0.39 is 11.7 Å². The molecule has 0 atom stereocenters. The minimum absolute atomic E-state index is 0.00495. The summed E-state index contributed by atoms with van der Waals surface area (Å²) in [7, 11) is 0. The van der Waals surface area contributed by atoms with Gasteiger partial charge in [0.2, 0.25) is 0 Å². The molecule has 2 nitrogen and oxygen atoms in total. The first-order valence-corrected chi connectivity index (χ1v) is 6.03. The maximum Gasteiger partial charge on any atom is 0.416 e. The van der Waals surface area contributed by atoms with E-state index in [1.54, 1.807) is 30.3 Å². The molecule has 0 radical (unpaired) electrons. The lowest BCUT2D eigenvalue weighted by molar-refractivity contribution is -0.137. The largest absolute Gasteiger partial charge is 0.416 e. The van der Waals surface area contributed by atoms with Gasteiger partial charge in [-0.2, -0.15) is 13.2 Å². The van der Waals surface area contributed by atoms with Crippen molar-refractivity contribution in [3.63, 3.8) is 0 Å². The standard InChI is InChI=1S/C14H10ClF3N2/c15-12-7-6-9(14(16,17)18)8-11(12)13(19)20-10-4-2-1-3-5-10/h1-8H,(H2,19,20). The Bertz CT molecular complexity index is 624. The highest BCUT2D eigenvalue weighted by atomic mass is 35.5. The molecule has 2 aromatic rings. The SMILES string of the molecule is N=C(Nc1ccccc1)c1cc(C(F)(F)F)ccc1Cl. The maximum absolute atomic E-state index is 12.7. The monoisotopic (exact) mass is 298 g/mol. The van der Waals surface area contributed by atoms with Crippen LogP contribution in [0.2, 0.25) is 5.02 Å². The van der Waals surface area contributed by atoms with Crippen LogP contribution in [-0.2, 0) is 6.18 Å². The zero-order valence-electron chi connectivity index (χ0n) is 10.1. The molecule has 0 heterocycles. The summed E-state index contributed by atoms with van der Waals surface area (Å²) < 4.78 is 38.0. The average molecular weight is 299 g/mol. The summed E-state index contributed by atoms with van der Waals surface area (Å²) in [5.74, 6) is -0.188. The summed E-state index contributed by atoms with van der Waals surface area (Å²) in [6, 6.07) is 11.6. The number of anilines is 1. The van der Waals surface area contributed by atoms with Gasteiger partial charge in [-0.05, 0) is 30.3 Å². The number of alkyl halides is 3. The lowest BCUT2D eigenvalue weighted by Crippen LogP contribution is -2.14. The number of nitrogens with one attached hydrogen (secondary N) is 2. The molecule has 0 saturated heterocycles. The van der Waals surface area contributed by atoms with Crippen molar-refractivity contribution in [1.82, 2.24) is 0 Å². The van der Waals surface area contributed by atoms with Crippen LogP contribution in [0.4, 0.5) is 18.9 Å². The van der Waals surface area contributed by atoms with Crippen LogP contribution in [-0.4, -0.2) is 5.84 Å². The highest BCUT2D eigenvalue weighted by Crippen LogP contribution is 2.32. The van der Waals surface area contributed by atoms with Crippen LogP contribution in [0.1, 0.15) is 11.1 Å². The van der Waals surface area contributed by atoms with E-state index in [0.29, 0.717) is 5.69 Å². The second-order valence-corrected chi connectivity index (χ2v) is 4.47. The van der Waals surface area contributed by atoms with Crippen LogP contribution in [0.15, 0.2) is 48.5 Å². The van der Waals surface area contributed by atoms with Gasteiger partial charge in [-0.15, -0.1) is 0 Å². The first-order valence-electron chi connectivity index (χ1n) is 5.65. The summed E-state index contributed by atoms with van der Waals surface area (Å²) >= 11 is 5.86. The fraction of sp³-hybridized carbons (Fsp3) is 0.0714. The zero-order chi connectivity index (χ0) is 14.8. The molecular formula is C14H10ClF3N2. The summed E-state index contributed by atoms with van der Waals surface area (Å²) in [5.41, 5.74) is -0.229. The molecule has 0 saturated carbocycles. The zero-order valence-corrected chi connectivity index (χ0v) is 10.9. The highest BCUT2D eigenvalue weighted by Gasteiger charge is 2.31. The van der Waals surface area contributed by atoms with Crippen molar-refractivity contribution in [2.75, 3.05) is 5.32 Å². The Morgan fingerprint density at radius 2 is 1.70 bits per heavy atom. The van der Waals surface area contributed by atoms with Crippen molar-refractivity contribution in [2.45, 2.75) is 6.18 Å². The molecule has 6 heteroatoms. The molecule has 0 amide bonds. The van der Waals surface area contributed by atoms with Gasteiger partial charge in [0.05, 0.1) is 10.6 Å². The van der Waals surface area contributed by atoms with Gasteiger partial charge in [0.1, 0.15) is 5.84 Å². The van der Waals surface area contributed by atoms with Gasteiger partial charge >= 0.3 is 6.18 Å². The normalized spacial score (nSPS) is 11.2. The Hall–Kier alpha value is -2.01. The third-order valence-corrected chi connectivity index (χ3v) is 2.94. The van der Waals surface area contributed by atoms with Crippen LogP contribution >= 0.6 is 11.6 Å². The van der Waals surface area contributed by atoms with Gasteiger partial charge < -0.3 is 5.32 Å². The molecule has 2 N–H and O–H groups in total. The molecule has 0 spiro atoms. The van der Waals surface area contributed by atoms with Gasteiger partial charge in [-0.3, -0.25) is 5.41 Å². The average Bonchev–Trinajstić information content (AvgIpc) is 2.39. The molecular weight excluding hydrogens is 289 g/mol. The van der Waals surface area contributed by atoms with Crippen molar-refractivity contribution < 1.29 is 13.2 Å². The predicted octanol–water partition coefficient (Wildman–Crippen LogP) is 4.80. The Labute approximate surface area is 118 Å². The fourth-order valence-electron chi connectivity index (χ4n) is 1.63. The number of rotatable bonds is 2. The molecule has 2 aromatic carbocycles. The number of para-hydroxylation sites is 1. The molecule has 20 heavy (non-hydrogen) atoms. The minimum atomic E-state index is -4.47. The van der Waals surface area contributed by atoms with E-state index in [1.165, 1.54) is 0 Å². The van der Waals surface area contributed by atoms with E-state index in [9.17, 15) is 13.2 Å². The van der Waals surface area contributed by atoms with E-state index in [2.05, 4.69) is 5.32 Å². The van der Waals surface area contributed by atoms with Crippen LogP contribution in [0.5, 0.6) is 0 Å². The van der Waals surface area contributed by atoms with Gasteiger partial charge in [0, 0.05) is 11.3 Å². The lowest BCUT2D eigenvalue weighted by Gasteiger charge is -2.12. The molecule has 104 valence electrons. The Kier molecular flexibility index (Phi) is 3.99. The molecule has 0 fully saturated rings. The number of amidine groups is 1. The summed E-state index contributed by atoms with van der Waals surface area (Å²) in [5, 5.41) is 10.6. The van der Waals surface area contributed by atoms with Gasteiger partial charge in [-0.25, -0.2) is 0 Å². The Balaban J connectivity index is 2.30. The number of hydrogen-bond acceptors (Lipinski definition) is 1. The fourth-order valence-corrected chi connectivity index (χ4v) is 1.84. The van der Waals surface area contributed by atoms with Gasteiger partial charge in [0.15, 0.2) is 0 Å². The molecule has 0 unspecified atom stereocenters. The van der Waals surface area contributed by atoms with Crippen LogP contribution in [0.25, 0.3) is 0 Å². The highest BCUT2D eigenvalue weighted by molar-refractivity contribution is 6.34. The summed E-state index contributed by atoms with van der Waals surface area (Å²) in [4.78, 5) is 0. The van der Waals surface area contributed by atoms with Gasteiger partial charge in [0.25, 0.3) is 0 Å². The maximum atomic E-state index is 12.7. The third-order valence-electron chi connectivity index (χ3n) is 2.61. The van der Waals surface area contributed by atoms with Crippen LogP contribution in [0.3, 0.4) is 0 Å². The second kappa shape index (κ2) is 5.54. The predicted molar refractivity (Wildman–Crippen MR) is 73.3 cm³/mol. The molecule has 0 aliphatic carbocycles. The van der Waals surface area contributed by atoms with Crippen molar-refractivity contribution in [3.05, 3.63) is 64.7 Å². The summed E-state index contributed by atoms with van der Waals surface area (Å²) in [6.07, 6.45) is -4.47. The van der Waals surface area contributed by atoms with Crippen molar-refractivity contribution in [3.8, 4) is 0 Å². The molecule has 2 rings (SSSR count). The number of benzene rings is 2. The molecule has 0 bridgehead atoms. The third kappa shape index (κ3) is 3.30. The topological polar surface area (TPSA) is 35.9 Å². The van der Waals surface area contributed by atoms with E-state index in [4.69, 9.17) is 17.0 Å². The molecule has 0 aliphatic rings. The van der Waals surface area contributed by atoms with E-state index in [1.807, 2.05) is 0 Å². The smallest absolute Gasteiger partial charge is 0.340 e. The van der Waals surface area contributed by atoms with Gasteiger partial charge in [-0.1, -0.05) is 29.8 Å². The number of hydrogen-bond donors (Lipinski definition) is 2.